The molecule has 1 aliphatic carbocycles. The van der Waals surface area contributed by atoms with Gasteiger partial charge in [-0.15, -0.1) is 0 Å². The molecule has 1 unspecified atom stereocenters. The molecule has 0 amide bonds. The van der Waals surface area contributed by atoms with Crippen LogP contribution in [0.15, 0.2) is 35.3 Å². The van der Waals surface area contributed by atoms with E-state index < -0.39 is 0 Å². The van der Waals surface area contributed by atoms with Gasteiger partial charge in [0.05, 0.1) is 0 Å². The van der Waals surface area contributed by atoms with Crippen molar-refractivity contribution in [1.82, 2.24) is 10.6 Å². The van der Waals surface area contributed by atoms with Crippen molar-refractivity contribution in [1.29, 1.82) is 0 Å². The SMILES string of the molecule is CN=C(NCCCC1CC1)NC1CCCN(c2ccccc2)C1. The Hall–Kier alpha value is -1.71. The van der Waals surface area contributed by atoms with Gasteiger partial charge < -0.3 is 15.5 Å². The summed E-state index contributed by atoms with van der Waals surface area (Å²) >= 11 is 0. The first-order valence-corrected chi connectivity index (χ1v) is 9.12. The molecule has 1 aromatic rings. The van der Waals surface area contributed by atoms with Crippen LogP contribution in [0.1, 0.15) is 38.5 Å². The van der Waals surface area contributed by atoms with Crippen LogP contribution in [0.5, 0.6) is 0 Å². The number of guanidine groups is 1. The Labute approximate surface area is 140 Å². The first-order chi connectivity index (χ1) is 11.3. The predicted molar refractivity (Wildman–Crippen MR) is 98.1 cm³/mol. The predicted octanol–water partition coefficient (Wildman–Crippen LogP) is 3.01. The van der Waals surface area contributed by atoms with Gasteiger partial charge in [-0.3, -0.25) is 4.99 Å². The zero-order valence-corrected chi connectivity index (χ0v) is 14.3. The molecule has 2 fully saturated rings. The summed E-state index contributed by atoms with van der Waals surface area (Å²) in [6.07, 6.45) is 7.97. The lowest BCUT2D eigenvalue weighted by Crippen LogP contribution is -2.51. The molecular weight excluding hydrogens is 284 g/mol. The maximum Gasteiger partial charge on any atom is 0.191 e. The maximum absolute atomic E-state index is 4.39. The van der Waals surface area contributed by atoms with Gasteiger partial charge in [-0.2, -0.15) is 0 Å². The van der Waals surface area contributed by atoms with E-state index in [9.17, 15) is 0 Å². The summed E-state index contributed by atoms with van der Waals surface area (Å²) in [7, 11) is 1.87. The Morgan fingerprint density at radius 3 is 2.78 bits per heavy atom. The van der Waals surface area contributed by atoms with Crippen molar-refractivity contribution in [2.45, 2.75) is 44.6 Å². The molecule has 1 aromatic carbocycles. The van der Waals surface area contributed by atoms with Gasteiger partial charge in [0.1, 0.15) is 0 Å². The highest BCUT2D eigenvalue weighted by molar-refractivity contribution is 5.80. The smallest absolute Gasteiger partial charge is 0.191 e. The first-order valence-electron chi connectivity index (χ1n) is 9.12. The van der Waals surface area contributed by atoms with E-state index in [-0.39, 0.29) is 0 Å². The highest BCUT2D eigenvalue weighted by atomic mass is 15.2. The number of benzene rings is 1. The van der Waals surface area contributed by atoms with Crippen LogP contribution in [0, 0.1) is 5.92 Å². The van der Waals surface area contributed by atoms with Crippen LogP contribution in [0.25, 0.3) is 0 Å². The fourth-order valence-electron chi connectivity index (χ4n) is 3.36. The average Bonchev–Trinajstić information content (AvgIpc) is 3.43. The van der Waals surface area contributed by atoms with Crippen LogP contribution < -0.4 is 15.5 Å². The van der Waals surface area contributed by atoms with E-state index in [1.807, 2.05) is 7.05 Å². The molecule has 0 bridgehead atoms. The number of nitrogens with one attached hydrogen (secondary N) is 2. The van der Waals surface area contributed by atoms with Crippen molar-refractivity contribution in [2.75, 3.05) is 31.6 Å². The summed E-state index contributed by atoms with van der Waals surface area (Å²) < 4.78 is 0. The lowest BCUT2D eigenvalue weighted by Gasteiger charge is -2.35. The first kappa shape index (κ1) is 16.2. The van der Waals surface area contributed by atoms with E-state index in [0.717, 1.165) is 31.5 Å². The maximum atomic E-state index is 4.39. The quantitative estimate of drug-likeness (QED) is 0.482. The van der Waals surface area contributed by atoms with Crippen LogP contribution >= 0.6 is 0 Å². The summed E-state index contributed by atoms with van der Waals surface area (Å²) in [5.74, 6) is 1.98. The molecule has 1 atom stereocenters. The third kappa shape index (κ3) is 5.15. The second-order valence-electron chi connectivity index (χ2n) is 6.85. The van der Waals surface area contributed by atoms with Gasteiger partial charge in [0.15, 0.2) is 5.96 Å². The normalized spacial score (nSPS) is 22.0. The van der Waals surface area contributed by atoms with Gasteiger partial charge in [-0.05, 0) is 43.7 Å². The fourth-order valence-corrected chi connectivity index (χ4v) is 3.36. The number of anilines is 1. The van der Waals surface area contributed by atoms with Crippen molar-refractivity contribution >= 4 is 11.6 Å². The lowest BCUT2D eigenvalue weighted by atomic mass is 10.1. The van der Waals surface area contributed by atoms with Crippen molar-refractivity contribution in [3.8, 4) is 0 Å². The second-order valence-corrected chi connectivity index (χ2v) is 6.85. The molecule has 2 N–H and O–H groups in total. The highest BCUT2D eigenvalue weighted by Crippen LogP contribution is 2.33. The molecular formula is C19H30N4. The number of rotatable bonds is 6. The Morgan fingerprint density at radius 1 is 1.22 bits per heavy atom. The molecule has 126 valence electrons. The van der Waals surface area contributed by atoms with Crippen molar-refractivity contribution in [3.63, 3.8) is 0 Å². The van der Waals surface area contributed by atoms with E-state index >= 15 is 0 Å². The molecule has 4 nitrogen and oxygen atoms in total. The molecule has 0 aromatic heterocycles. The number of piperidine rings is 1. The summed E-state index contributed by atoms with van der Waals surface area (Å²) in [6.45, 7) is 3.23. The second kappa shape index (κ2) is 8.23. The highest BCUT2D eigenvalue weighted by Gasteiger charge is 2.21. The lowest BCUT2D eigenvalue weighted by molar-refractivity contribution is 0.467. The van der Waals surface area contributed by atoms with E-state index in [0.29, 0.717) is 6.04 Å². The van der Waals surface area contributed by atoms with E-state index in [2.05, 4.69) is 50.9 Å². The fraction of sp³-hybridized carbons (Fsp3) is 0.632. The Kier molecular flexibility index (Phi) is 5.78. The number of para-hydroxylation sites is 1. The van der Waals surface area contributed by atoms with Gasteiger partial charge in [0, 0.05) is 38.4 Å². The van der Waals surface area contributed by atoms with E-state index in [4.69, 9.17) is 0 Å². The summed E-state index contributed by atoms with van der Waals surface area (Å²) in [4.78, 5) is 6.86. The Morgan fingerprint density at radius 2 is 2.04 bits per heavy atom. The molecule has 1 saturated heterocycles. The zero-order valence-electron chi connectivity index (χ0n) is 14.3. The monoisotopic (exact) mass is 314 g/mol. The topological polar surface area (TPSA) is 39.7 Å². The average molecular weight is 314 g/mol. The van der Waals surface area contributed by atoms with Gasteiger partial charge >= 0.3 is 0 Å². The molecule has 0 radical (unpaired) electrons. The van der Waals surface area contributed by atoms with Gasteiger partial charge in [-0.1, -0.05) is 31.0 Å². The van der Waals surface area contributed by atoms with Crippen LogP contribution in [0.4, 0.5) is 5.69 Å². The Bertz CT molecular complexity index is 495. The Balaban J connectivity index is 1.43. The summed E-state index contributed by atoms with van der Waals surface area (Å²) in [5, 5.41) is 7.08. The number of hydrogen-bond acceptors (Lipinski definition) is 2. The summed E-state index contributed by atoms with van der Waals surface area (Å²) in [5.41, 5.74) is 1.33. The van der Waals surface area contributed by atoms with Crippen LogP contribution in [-0.4, -0.2) is 38.7 Å². The molecule has 2 aliphatic rings. The van der Waals surface area contributed by atoms with Crippen LogP contribution in [0.2, 0.25) is 0 Å². The van der Waals surface area contributed by atoms with Crippen molar-refractivity contribution in [3.05, 3.63) is 30.3 Å². The number of aliphatic imine (C=N–C) groups is 1. The molecule has 3 rings (SSSR count). The van der Waals surface area contributed by atoms with Gasteiger partial charge in [-0.25, -0.2) is 0 Å². The van der Waals surface area contributed by atoms with Gasteiger partial charge in [0.2, 0.25) is 0 Å². The number of nitrogens with zero attached hydrogens (tertiary/aromatic N) is 2. The van der Waals surface area contributed by atoms with Gasteiger partial charge in [0.25, 0.3) is 0 Å². The minimum Gasteiger partial charge on any atom is -0.369 e. The molecule has 4 heteroatoms. The minimum absolute atomic E-state index is 0.471. The zero-order chi connectivity index (χ0) is 15.9. The third-order valence-corrected chi connectivity index (χ3v) is 4.89. The summed E-state index contributed by atoms with van der Waals surface area (Å²) in [6, 6.07) is 11.2. The van der Waals surface area contributed by atoms with Crippen molar-refractivity contribution in [2.24, 2.45) is 10.9 Å². The number of hydrogen-bond donors (Lipinski definition) is 2. The van der Waals surface area contributed by atoms with Crippen LogP contribution in [-0.2, 0) is 0 Å². The largest absolute Gasteiger partial charge is 0.369 e. The standard InChI is InChI=1S/C19H30N4/c1-20-19(21-13-5-7-16-11-12-16)22-17-8-6-14-23(15-17)18-9-3-2-4-10-18/h2-4,9-10,16-17H,5-8,11-15H2,1H3,(H2,20,21,22). The van der Waals surface area contributed by atoms with Crippen LogP contribution in [0.3, 0.4) is 0 Å². The molecule has 1 saturated carbocycles. The molecule has 0 spiro atoms. The molecule has 1 aliphatic heterocycles. The molecule has 1 heterocycles. The van der Waals surface area contributed by atoms with E-state index in [1.54, 1.807) is 0 Å². The van der Waals surface area contributed by atoms with E-state index in [1.165, 1.54) is 44.2 Å². The van der Waals surface area contributed by atoms with Crippen molar-refractivity contribution < 1.29 is 0 Å². The third-order valence-electron chi connectivity index (χ3n) is 4.89. The molecule has 23 heavy (non-hydrogen) atoms. The minimum atomic E-state index is 0.471.